The number of benzene rings is 3. The number of Topliss-reactive ketones (excluding diaryl/α,β-unsaturated/α-hetero) is 1. The van der Waals surface area contributed by atoms with E-state index >= 15 is 0 Å². The van der Waals surface area contributed by atoms with E-state index in [1.807, 2.05) is 48.7 Å². The minimum absolute atomic E-state index is 0.0888. The highest BCUT2D eigenvalue weighted by Gasteiger charge is 2.12. The van der Waals surface area contributed by atoms with E-state index in [0.717, 1.165) is 22.2 Å². The number of para-hydroxylation sites is 1. The highest BCUT2D eigenvalue weighted by molar-refractivity contribution is 6.07. The van der Waals surface area contributed by atoms with Crippen molar-refractivity contribution in [2.24, 2.45) is 0 Å². The van der Waals surface area contributed by atoms with E-state index in [9.17, 15) is 4.79 Å². The molecule has 0 N–H and O–H groups in total. The van der Waals surface area contributed by atoms with Crippen LogP contribution in [0.15, 0.2) is 85.1 Å². The molecule has 0 aliphatic heterocycles. The lowest BCUT2D eigenvalue weighted by atomic mass is 10.1. The maximum Gasteiger partial charge on any atom is 0.161 e. The standard InChI is InChI=1S/C22H17NO/c1-16(24)21-15-23(22-10-6-5-9-20(21)22)19-13-11-18(12-14-19)17-7-3-2-4-8-17/h2-15H,1H3. The van der Waals surface area contributed by atoms with Crippen LogP contribution in [0.2, 0.25) is 0 Å². The molecule has 0 saturated heterocycles. The van der Waals surface area contributed by atoms with Gasteiger partial charge in [-0.2, -0.15) is 0 Å². The van der Waals surface area contributed by atoms with Crippen LogP contribution in [0.1, 0.15) is 17.3 Å². The topological polar surface area (TPSA) is 22.0 Å². The molecule has 2 nitrogen and oxygen atoms in total. The van der Waals surface area contributed by atoms with Crippen LogP contribution < -0.4 is 0 Å². The molecular formula is C22H17NO. The van der Waals surface area contributed by atoms with E-state index in [1.165, 1.54) is 11.1 Å². The third-order valence-electron chi connectivity index (χ3n) is 4.34. The van der Waals surface area contributed by atoms with Gasteiger partial charge in [-0.25, -0.2) is 0 Å². The Morgan fingerprint density at radius 3 is 2.08 bits per heavy atom. The number of aromatic nitrogens is 1. The first-order valence-electron chi connectivity index (χ1n) is 8.01. The van der Waals surface area contributed by atoms with Crippen molar-refractivity contribution in [1.29, 1.82) is 0 Å². The summed E-state index contributed by atoms with van der Waals surface area (Å²) in [5, 5.41) is 0.997. The molecule has 0 amide bonds. The lowest BCUT2D eigenvalue weighted by molar-refractivity contribution is 0.101. The fourth-order valence-electron chi connectivity index (χ4n) is 3.12. The van der Waals surface area contributed by atoms with Gasteiger partial charge in [0.1, 0.15) is 0 Å². The van der Waals surface area contributed by atoms with Gasteiger partial charge < -0.3 is 4.57 Å². The SMILES string of the molecule is CC(=O)c1cn(-c2ccc(-c3ccccc3)cc2)c2ccccc12. The van der Waals surface area contributed by atoms with E-state index in [2.05, 4.69) is 41.0 Å². The van der Waals surface area contributed by atoms with E-state index in [0.29, 0.717) is 0 Å². The van der Waals surface area contributed by atoms with Crippen molar-refractivity contribution in [3.05, 3.63) is 90.6 Å². The lowest BCUT2D eigenvalue weighted by Gasteiger charge is -2.07. The third-order valence-corrected chi connectivity index (χ3v) is 4.34. The summed E-state index contributed by atoms with van der Waals surface area (Å²) < 4.78 is 2.08. The van der Waals surface area contributed by atoms with Gasteiger partial charge in [0.15, 0.2) is 5.78 Å². The zero-order valence-electron chi connectivity index (χ0n) is 13.4. The van der Waals surface area contributed by atoms with Crippen molar-refractivity contribution < 1.29 is 4.79 Å². The van der Waals surface area contributed by atoms with Crippen LogP contribution in [-0.4, -0.2) is 10.4 Å². The Hall–Kier alpha value is -3.13. The van der Waals surface area contributed by atoms with E-state index in [4.69, 9.17) is 0 Å². The Labute approximate surface area is 141 Å². The number of nitrogens with zero attached hydrogens (tertiary/aromatic N) is 1. The molecule has 0 saturated carbocycles. The Morgan fingerprint density at radius 1 is 0.750 bits per heavy atom. The van der Waals surface area contributed by atoms with Crippen molar-refractivity contribution in [2.75, 3.05) is 0 Å². The lowest BCUT2D eigenvalue weighted by Crippen LogP contribution is -1.92. The molecule has 24 heavy (non-hydrogen) atoms. The Kier molecular flexibility index (Phi) is 3.51. The molecule has 2 heteroatoms. The van der Waals surface area contributed by atoms with Gasteiger partial charge in [0, 0.05) is 22.8 Å². The molecule has 1 aromatic heterocycles. The van der Waals surface area contributed by atoms with Gasteiger partial charge in [0.2, 0.25) is 0 Å². The molecule has 4 rings (SSSR count). The number of hydrogen-bond donors (Lipinski definition) is 0. The number of rotatable bonds is 3. The molecule has 0 bridgehead atoms. The van der Waals surface area contributed by atoms with E-state index in [-0.39, 0.29) is 5.78 Å². The Balaban J connectivity index is 1.82. The number of carbonyl (C=O) groups excluding carboxylic acids is 1. The fourth-order valence-corrected chi connectivity index (χ4v) is 3.12. The summed E-state index contributed by atoms with van der Waals surface area (Å²) in [6, 6.07) is 26.8. The molecular weight excluding hydrogens is 294 g/mol. The summed E-state index contributed by atoms with van der Waals surface area (Å²) in [4.78, 5) is 11.9. The first-order chi connectivity index (χ1) is 11.7. The highest BCUT2D eigenvalue weighted by Crippen LogP contribution is 2.27. The van der Waals surface area contributed by atoms with Gasteiger partial charge in [-0.05, 0) is 36.2 Å². The second kappa shape index (κ2) is 5.82. The second-order valence-corrected chi connectivity index (χ2v) is 5.90. The summed E-state index contributed by atoms with van der Waals surface area (Å²) in [5.41, 5.74) is 5.25. The molecule has 0 fully saturated rings. The van der Waals surface area contributed by atoms with Crippen LogP contribution >= 0.6 is 0 Å². The number of hydrogen-bond acceptors (Lipinski definition) is 1. The van der Waals surface area contributed by atoms with Crippen molar-refractivity contribution in [3.63, 3.8) is 0 Å². The molecule has 3 aromatic carbocycles. The van der Waals surface area contributed by atoms with Crippen molar-refractivity contribution in [2.45, 2.75) is 6.92 Å². The van der Waals surface area contributed by atoms with Gasteiger partial charge in [-0.1, -0.05) is 60.7 Å². The summed E-state index contributed by atoms with van der Waals surface area (Å²) in [6.07, 6.45) is 1.94. The molecule has 0 radical (unpaired) electrons. The summed E-state index contributed by atoms with van der Waals surface area (Å²) in [7, 11) is 0. The van der Waals surface area contributed by atoms with Crippen LogP contribution in [0, 0.1) is 0 Å². The maximum atomic E-state index is 11.9. The van der Waals surface area contributed by atoms with Gasteiger partial charge >= 0.3 is 0 Å². The zero-order chi connectivity index (χ0) is 16.5. The Morgan fingerprint density at radius 2 is 1.38 bits per heavy atom. The quantitative estimate of drug-likeness (QED) is 0.458. The number of fused-ring (bicyclic) bond motifs is 1. The van der Waals surface area contributed by atoms with Gasteiger partial charge in [-0.3, -0.25) is 4.79 Å². The van der Waals surface area contributed by atoms with Crippen LogP contribution in [-0.2, 0) is 0 Å². The van der Waals surface area contributed by atoms with Crippen molar-refractivity contribution in [3.8, 4) is 16.8 Å². The Bertz CT molecular complexity index is 1010. The first-order valence-corrected chi connectivity index (χ1v) is 8.01. The van der Waals surface area contributed by atoms with Crippen LogP contribution in [0.3, 0.4) is 0 Å². The molecule has 1 heterocycles. The summed E-state index contributed by atoms with van der Waals surface area (Å²) in [6.45, 7) is 1.62. The molecule has 116 valence electrons. The van der Waals surface area contributed by atoms with Crippen LogP contribution in [0.4, 0.5) is 0 Å². The third kappa shape index (κ3) is 2.42. The highest BCUT2D eigenvalue weighted by atomic mass is 16.1. The molecule has 4 aromatic rings. The molecule has 0 unspecified atom stereocenters. The minimum atomic E-state index is 0.0888. The average Bonchev–Trinajstić information content (AvgIpc) is 3.03. The first kappa shape index (κ1) is 14.5. The largest absolute Gasteiger partial charge is 0.316 e. The van der Waals surface area contributed by atoms with Gasteiger partial charge in [-0.15, -0.1) is 0 Å². The summed E-state index contributed by atoms with van der Waals surface area (Å²) >= 11 is 0. The minimum Gasteiger partial charge on any atom is -0.316 e. The maximum absolute atomic E-state index is 11.9. The monoisotopic (exact) mass is 311 g/mol. The van der Waals surface area contributed by atoms with Gasteiger partial charge in [0.25, 0.3) is 0 Å². The normalized spacial score (nSPS) is 10.9. The van der Waals surface area contributed by atoms with Crippen LogP contribution in [0.25, 0.3) is 27.7 Å². The summed E-state index contributed by atoms with van der Waals surface area (Å²) in [5.74, 6) is 0.0888. The van der Waals surface area contributed by atoms with E-state index < -0.39 is 0 Å². The predicted molar refractivity (Wildman–Crippen MR) is 98.7 cm³/mol. The molecule has 0 aliphatic carbocycles. The molecule has 0 atom stereocenters. The molecule has 0 spiro atoms. The smallest absolute Gasteiger partial charge is 0.161 e. The fraction of sp³-hybridized carbons (Fsp3) is 0.0455. The number of carbonyl (C=O) groups is 1. The van der Waals surface area contributed by atoms with Crippen molar-refractivity contribution >= 4 is 16.7 Å². The van der Waals surface area contributed by atoms with Crippen LogP contribution in [0.5, 0.6) is 0 Å². The second-order valence-electron chi connectivity index (χ2n) is 5.90. The average molecular weight is 311 g/mol. The van der Waals surface area contributed by atoms with Gasteiger partial charge in [0.05, 0.1) is 5.52 Å². The zero-order valence-corrected chi connectivity index (χ0v) is 13.4. The van der Waals surface area contributed by atoms with Crippen molar-refractivity contribution in [1.82, 2.24) is 4.57 Å². The number of ketones is 1. The molecule has 0 aliphatic rings. The van der Waals surface area contributed by atoms with E-state index in [1.54, 1.807) is 6.92 Å². The predicted octanol–water partition coefficient (Wildman–Crippen LogP) is 5.50.